The van der Waals surface area contributed by atoms with E-state index in [0.29, 0.717) is 12.6 Å². The second-order valence-corrected chi connectivity index (χ2v) is 6.90. The molecule has 0 saturated carbocycles. The van der Waals surface area contributed by atoms with Crippen LogP contribution in [0.4, 0.5) is 5.13 Å². The van der Waals surface area contributed by atoms with Crippen molar-refractivity contribution < 1.29 is 9.53 Å². The lowest BCUT2D eigenvalue weighted by Crippen LogP contribution is -2.43. The summed E-state index contributed by atoms with van der Waals surface area (Å²) in [6.45, 7) is 10.0. The number of nitrogens with zero attached hydrogens (tertiary/aromatic N) is 2. The highest BCUT2D eigenvalue weighted by Crippen LogP contribution is 2.25. The molecule has 0 aromatic carbocycles. The lowest BCUT2D eigenvalue weighted by atomic mass is 9.94. The fourth-order valence-electron chi connectivity index (χ4n) is 2.65. The highest BCUT2D eigenvalue weighted by Gasteiger charge is 2.28. The van der Waals surface area contributed by atoms with Gasteiger partial charge in [0.25, 0.3) is 0 Å². The van der Waals surface area contributed by atoms with Gasteiger partial charge in [-0.1, -0.05) is 0 Å². The second-order valence-electron chi connectivity index (χ2n) is 6.06. The topological polar surface area (TPSA) is 54.5 Å². The smallest absolute Gasteiger partial charge is 0.225 e. The second kappa shape index (κ2) is 6.85. The average Bonchev–Trinajstić information content (AvgIpc) is 2.84. The SMILES string of the molecule is CCN(C(C)=O)c1nc(CNC2CCOC(C)(C)C2)cs1. The Kier molecular flexibility index (Phi) is 5.35. The molecule has 0 aliphatic carbocycles. The summed E-state index contributed by atoms with van der Waals surface area (Å²) in [4.78, 5) is 17.8. The molecule has 1 aromatic rings. The van der Waals surface area contributed by atoms with Crippen LogP contribution in [0.3, 0.4) is 0 Å². The summed E-state index contributed by atoms with van der Waals surface area (Å²) in [5, 5.41) is 6.37. The average molecular weight is 311 g/mol. The van der Waals surface area contributed by atoms with Crippen LogP contribution in [0.15, 0.2) is 5.38 Å². The van der Waals surface area contributed by atoms with Crippen molar-refractivity contribution in [3.63, 3.8) is 0 Å². The normalized spacial score (nSPS) is 21.2. The molecule has 1 aliphatic rings. The minimum atomic E-state index is -0.0448. The predicted octanol–water partition coefficient (Wildman–Crippen LogP) is 2.56. The maximum atomic E-state index is 11.5. The first kappa shape index (κ1) is 16.4. The number of anilines is 1. The summed E-state index contributed by atoms with van der Waals surface area (Å²) in [5.41, 5.74) is 0.954. The van der Waals surface area contributed by atoms with E-state index >= 15 is 0 Å². The van der Waals surface area contributed by atoms with Crippen molar-refractivity contribution in [1.29, 1.82) is 0 Å². The zero-order valence-corrected chi connectivity index (χ0v) is 14.1. The largest absolute Gasteiger partial charge is 0.375 e. The molecule has 2 heterocycles. The maximum Gasteiger partial charge on any atom is 0.225 e. The van der Waals surface area contributed by atoms with Gasteiger partial charge in [-0.15, -0.1) is 11.3 Å². The predicted molar refractivity (Wildman–Crippen MR) is 85.7 cm³/mol. The Morgan fingerprint density at radius 1 is 1.62 bits per heavy atom. The Labute approximate surface area is 130 Å². The molecular formula is C15H25N3O2S. The van der Waals surface area contributed by atoms with Gasteiger partial charge in [-0.3, -0.25) is 9.69 Å². The number of rotatable bonds is 5. The van der Waals surface area contributed by atoms with Gasteiger partial charge in [0.05, 0.1) is 11.3 Å². The van der Waals surface area contributed by atoms with Crippen LogP contribution in [0.1, 0.15) is 46.2 Å². The van der Waals surface area contributed by atoms with Crippen molar-refractivity contribution in [2.45, 2.75) is 58.7 Å². The zero-order chi connectivity index (χ0) is 15.5. The summed E-state index contributed by atoms with van der Waals surface area (Å²) >= 11 is 1.53. The highest BCUT2D eigenvalue weighted by atomic mass is 32.1. The van der Waals surface area contributed by atoms with Gasteiger partial charge in [0.1, 0.15) is 0 Å². The van der Waals surface area contributed by atoms with E-state index in [9.17, 15) is 4.79 Å². The summed E-state index contributed by atoms with van der Waals surface area (Å²) in [6.07, 6.45) is 2.05. The number of carbonyl (C=O) groups excluding carboxylic acids is 1. The van der Waals surface area contributed by atoms with E-state index in [1.165, 1.54) is 11.3 Å². The molecule has 1 amide bonds. The number of ether oxygens (including phenoxy) is 1. The van der Waals surface area contributed by atoms with Crippen LogP contribution in [0.2, 0.25) is 0 Å². The summed E-state index contributed by atoms with van der Waals surface area (Å²) < 4.78 is 5.73. The van der Waals surface area contributed by atoms with E-state index in [1.54, 1.807) is 11.8 Å². The fraction of sp³-hybridized carbons (Fsp3) is 0.733. The van der Waals surface area contributed by atoms with E-state index in [0.717, 1.165) is 36.8 Å². The molecule has 1 fully saturated rings. The van der Waals surface area contributed by atoms with Gasteiger partial charge in [-0.2, -0.15) is 0 Å². The standard InChI is InChI=1S/C15H25N3O2S/c1-5-18(11(2)19)14-17-13(10-21-14)9-16-12-6-7-20-15(3,4)8-12/h10,12,16H,5-9H2,1-4H3. The molecule has 1 saturated heterocycles. The van der Waals surface area contributed by atoms with Crippen LogP contribution in [-0.4, -0.2) is 35.7 Å². The van der Waals surface area contributed by atoms with Crippen LogP contribution in [-0.2, 0) is 16.1 Å². The highest BCUT2D eigenvalue weighted by molar-refractivity contribution is 7.14. The van der Waals surface area contributed by atoms with Crippen LogP contribution >= 0.6 is 11.3 Å². The molecule has 6 heteroatoms. The Morgan fingerprint density at radius 2 is 2.38 bits per heavy atom. The van der Waals surface area contributed by atoms with E-state index in [2.05, 4.69) is 24.1 Å². The molecule has 5 nitrogen and oxygen atoms in total. The van der Waals surface area contributed by atoms with Gasteiger partial charge < -0.3 is 10.1 Å². The van der Waals surface area contributed by atoms with Crippen molar-refractivity contribution in [3.8, 4) is 0 Å². The van der Waals surface area contributed by atoms with Crippen LogP contribution in [0, 0.1) is 0 Å². The molecule has 1 unspecified atom stereocenters. The molecule has 2 rings (SSSR count). The first-order valence-corrected chi connectivity index (χ1v) is 8.39. The van der Waals surface area contributed by atoms with Crippen molar-refractivity contribution in [3.05, 3.63) is 11.1 Å². The maximum absolute atomic E-state index is 11.5. The minimum Gasteiger partial charge on any atom is -0.375 e. The Balaban J connectivity index is 1.89. The summed E-state index contributed by atoms with van der Waals surface area (Å²) in [5.74, 6) is 0.0394. The third-order valence-corrected chi connectivity index (χ3v) is 4.65. The molecule has 21 heavy (non-hydrogen) atoms. The van der Waals surface area contributed by atoms with Gasteiger partial charge in [-0.25, -0.2) is 4.98 Å². The summed E-state index contributed by atoms with van der Waals surface area (Å²) in [7, 11) is 0. The van der Waals surface area contributed by atoms with Gasteiger partial charge >= 0.3 is 0 Å². The van der Waals surface area contributed by atoms with E-state index in [-0.39, 0.29) is 11.5 Å². The van der Waals surface area contributed by atoms with Gasteiger partial charge in [-0.05, 0) is 33.6 Å². The van der Waals surface area contributed by atoms with Crippen molar-refractivity contribution in [2.24, 2.45) is 0 Å². The van der Waals surface area contributed by atoms with Gasteiger partial charge in [0.2, 0.25) is 5.91 Å². The lowest BCUT2D eigenvalue weighted by molar-refractivity contribution is -0.116. The number of aromatic nitrogens is 1. The monoisotopic (exact) mass is 311 g/mol. The van der Waals surface area contributed by atoms with Crippen molar-refractivity contribution >= 4 is 22.4 Å². The molecule has 1 aliphatic heterocycles. The molecule has 118 valence electrons. The quantitative estimate of drug-likeness (QED) is 0.908. The fourth-order valence-corrected chi connectivity index (χ4v) is 3.58. The van der Waals surface area contributed by atoms with E-state index < -0.39 is 0 Å². The Morgan fingerprint density at radius 3 is 3.00 bits per heavy atom. The Bertz CT molecular complexity index is 487. The Hall–Kier alpha value is -0.980. The molecule has 0 spiro atoms. The molecule has 1 atom stereocenters. The summed E-state index contributed by atoms with van der Waals surface area (Å²) in [6, 6.07) is 0.467. The van der Waals surface area contributed by atoms with E-state index in [1.807, 2.05) is 12.3 Å². The molecule has 1 aromatic heterocycles. The third-order valence-electron chi connectivity index (χ3n) is 3.74. The van der Waals surface area contributed by atoms with Gasteiger partial charge in [0.15, 0.2) is 5.13 Å². The third kappa shape index (κ3) is 4.49. The minimum absolute atomic E-state index is 0.0394. The van der Waals surface area contributed by atoms with E-state index in [4.69, 9.17) is 4.74 Å². The number of hydrogen-bond acceptors (Lipinski definition) is 5. The number of carbonyl (C=O) groups is 1. The molecule has 0 radical (unpaired) electrons. The number of amides is 1. The number of hydrogen-bond donors (Lipinski definition) is 1. The molecular weight excluding hydrogens is 286 g/mol. The number of nitrogens with one attached hydrogen (secondary N) is 1. The first-order chi connectivity index (χ1) is 9.91. The lowest BCUT2D eigenvalue weighted by Gasteiger charge is -2.35. The van der Waals surface area contributed by atoms with Crippen LogP contribution in [0.5, 0.6) is 0 Å². The van der Waals surface area contributed by atoms with Crippen LogP contribution < -0.4 is 10.2 Å². The zero-order valence-electron chi connectivity index (χ0n) is 13.3. The first-order valence-electron chi connectivity index (χ1n) is 7.51. The number of thiazole rings is 1. The van der Waals surface area contributed by atoms with Crippen molar-refractivity contribution in [1.82, 2.24) is 10.3 Å². The van der Waals surface area contributed by atoms with Gasteiger partial charge in [0, 0.05) is 38.0 Å². The van der Waals surface area contributed by atoms with Crippen LogP contribution in [0.25, 0.3) is 0 Å². The molecule has 1 N–H and O–H groups in total. The van der Waals surface area contributed by atoms with Crippen molar-refractivity contribution in [2.75, 3.05) is 18.1 Å². The molecule has 0 bridgehead atoms.